The molecule has 0 amide bonds. The van der Waals surface area contributed by atoms with Crippen LogP contribution in [0, 0.1) is 11.3 Å². The molecule has 2 heterocycles. The maximum atomic E-state index is 8.87. The largest absolute Gasteiger partial charge is 0.334 e. The van der Waals surface area contributed by atoms with Crippen molar-refractivity contribution in [3.63, 3.8) is 0 Å². The van der Waals surface area contributed by atoms with Crippen LogP contribution < -0.4 is 0 Å². The minimum atomic E-state index is 0.393. The molecule has 3 aromatic rings. The average molecular weight is 248 g/mol. The van der Waals surface area contributed by atoms with Crippen LogP contribution in [-0.4, -0.2) is 15.1 Å². The summed E-state index contributed by atoms with van der Waals surface area (Å²) in [4.78, 5) is 8.25. The lowest BCUT2D eigenvalue weighted by Gasteiger charge is -1.93. The Kier molecular flexibility index (Phi) is 2.75. The van der Waals surface area contributed by atoms with Gasteiger partial charge in [0.2, 0.25) is 5.82 Å². The van der Waals surface area contributed by atoms with Gasteiger partial charge < -0.3 is 4.52 Å². The Balaban J connectivity index is 2.00. The van der Waals surface area contributed by atoms with Crippen molar-refractivity contribution in [2.75, 3.05) is 0 Å². The summed E-state index contributed by atoms with van der Waals surface area (Å²) in [5.41, 5.74) is 2.12. The summed E-state index contributed by atoms with van der Waals surface area (Å²) >= 11 is 0. The number of aromatic nitrogens is 3. The maximum Gasteiger partial charge on any atom is 0.258 e. The number of nitriles is 1. The van der Waals surface area contributed by atoms with Crippen LogP contribution in [0.2, 0.25) is 0 Å². The van der Waals surface area contributed by atoms with Gasteiger partial charge in [0, 0.05) is 23.5 Å². The molecule has 0 saturated carbocycles. The molecule has 1 aromatic carbocycles. The molecule has 0 bridgehead atoms. The number of benzene rings is 1. The van der Waals surface area contributed by atoms with Gasteiger partial charge in [0.25, 0.3) is 5.89 Å². The summed E-state index contributed by atoms with van der Waals surface area (Å²) in [6.45, 7) is 0. The minimum Gasteiger partial charge on any atom is -0.334 e. The van der Waals surface area contributed by atoms with E-state index in [-0.39, 0.29) is 0 Å². The zero-order valence-electron chi connectivity index (χ0n) is 9.82. The molecule has 0 saturated heterocycles. The van der Waals surface area contributed by atoms with E-state index >= 15 is 0 Å². The molecular weight excluding hydrogens is 240 g/mol. The van der Waals surface area contributed by atoms with E-state index in [9.17, 15) is 0 Å². The predicted octanol–water partition coefficient (Wildman–Crippen LogP) is 2.67. The first-order valence-electron chi connectivity index (χ1n) is 5.61. The molecule has 0 aliphatic rings. The van der Waals surface area contributed by atoms with Crippen molar-refractivity contribution in [3.8, 4) is 28.9 Å². The fourth-order valence-corrected chi connectivity index (χ4v) is 1.68. The summed E-state index contributed by atoms with van der Waals surface area (Å²) in [7, 11) is 0. The van der Waals surface area contributed by atoms with E-state index in [0.29, 0.717) is 17.3 Å². The summed E-state index contributed by atoms with van der Waals surface area (Å²) in [5.74, 6) is 0.892. The van der Waals surface area contributed by atoms with E-state index in [1.165, 1.54) is 0 Å². The molecule has 0 N–H and O–H groups in total. The van der Waals surface area contributed by atoms with Crippen LogP contribution in [0.15, 0.2) is 53.3 Å². The number of hydrogen-bond donors (Lipinski definition) is 0. The van der Waals surface area contributed by atoms with Crippen LogP contribution >= 0.6 is 0 Å². The Hall–Kier alpha value is -3.00. The van der Waals surface area contributed by atoms with Gasteiger partial charge in [-0.2, -0.15) is 10.2 Å². The van der Waals surface area contributed by atoms with Crippen LogP contribution in [0.3, 0.4) is 0 Å². The normalized spacial score (nSPS) is 10.1. The lowest BCUT2D eigenvalue weighted by atomic mass is 10.1. The zero-order chi connectivity index (χ0) is 13.1. The van der Waals surface area contributed by atoms with Crippen molar-refractivity contribution in [2.24, 2.45) is 0 Å². The Labute approximate surface area is 109 Å². The first-order valence-corrected chi connectivity index (χ1v) is 5.61. The van der Waals surface area contributed by atoms with Gasteiger partial charge in [-0.15, -0.1) is 0 Å². The van der Waals surface area contributed by atoms with Gasteiger partial charge in [-0.3, -0.25) is 4.98 Å². The van der Waals surface area contributed by atoms with Gasteiger partial charge in [-0.25, -0.2) is 0 Å². The van der Waals surface area contributed by atoms with Crippen molar-refractivity contribution in [2.45, 2.75) is 0 Å². The molecule has 2 aromatic heterocycles. The number of hydrogen-bond acceptors (Lipinski definition) is 5. The van der Waals surface area contributed by atoms with Crippen molar-refractivity contribution >= 4 is 0 Å². The Bertz CT molecular complexity index is 743. The highest BCUT2D eigenvalue weighted by Gasteiger charge is 2.10. The molecule has 0 aliphatic heterocycles. The van der Waals surface area contributed by atoms with Crippen LogP contribution in [0.25, 0.3) is 22.8 Å². The van der Waals surface area contributed by atoms with Crippen molar-refractivity contribution in [1.29, 1.82) is 5.26 Å². The van der Waals surface area contributed by atoms with E-state index in [2.05, 4.69) is 21.2 Å². The average Bonchev–Trinajstić information content (AvgIpc) is 2.98. The molecule has 0 radical (unpaired) electrons. The summed E-state index contributed by atoms with van der Waals surface area (Å²) in [6.07, 6.45) is 3.34. The van der Waals surface area contributed by atoms with Crippen LogP contribution in [0.5, 0.6) is 0 Å². The highest BCUT2D eigenvalue weighted by Crippen LogP contribution is 2.22. The quantitative estimate of drug-likeness (QED) is 0.696. The monoisotopic (exact) mass is 248 g/mol. The minimum absolute atomic E-state index is 0.393. The summed E-state index contributed by atoms with van der Waals surface area (Å²) < 4.78 is 5.21. The van der Waals surface area contributed by atoms with Crippen LogP contribution in [-0.2, 0) is 0 Å². The second kappa shape index (κ2) is 4.70. The third kappa shape index (κ3) is 2.19. The lowest BCUT2D eigenvalue weighted by molar-refractivity contribution is 0.432. The SMILES string of the molecule is N#Cc1cccc(-c2nc(-c3ccncc3)no2)c1. The van der Waals surface area contributed by atoms with E-state index in [1.54, 1.807) is 42.7 Å². The topological polar surface area (TPSA) is 75.6 Å². The van der Waals surface area contributed by atoms with E-state index in [4.69, 9.17) is 9.78 Å². The molecule has 5 nitrogen and oxygen atoms in total. The molecular formula is C14H8N4O. The molecule has 0 spiro atoms. The standard InChI is InChI=1S/C14H8N4O/c15-9-10-2-1-3-12(8-10)14-17-13(18-19-14)11-4-6-16-7-5-11/h1-8H. The Morgan fingerprint density at radius 3 is 2.68 bits per heavy atom. The second-order valence-electron chi connectivity index (χ2n) is 3.85. The van der Waals surface area contributed by atoms with Crippen LogP contribution in [0.4, 0.5) is 0 Å². The molecule has 3 rings (SSSR count). The first kappa shape index (κ1) is 11.1. The maximum absolute atomic E-state index is 8.87. The third-order valence-corrected chi connectivity index (χ3v) is 2.60. The van der Waals surface area contributed by atoms with E-state index in [1.807, 2.05) is 6.07 Å². The van der Waals surface area contributed by atoms with E-state index < -0.39 is 0 Å². The molecule has 90 valence electrons. The van der Waals surface area contributed by atoms with Gasteiger partial charge in [-0.05, 0) is 30.3 Å². The summed E-state index contributed by atoms with van der Waals surface area (Å²) in [6, 6.07) is 12.7. The van der Waals surface area contributed by atoms with Crippen molar-refractivity contribution < 1.29 is 4.52 Å². The van der Waals surface area contributed by atoms with Crippen molar-refractivity contribution in [1.82, 2.24) is 15.1 Å². The molecule has 0 unspecified atom stereocenters. The van der Waals surface area contributed by atoms with Gasteiger partial charge in [-0.1, -0.05) is 11.2 Å². The number of pyridine rings is 1. The smallest absolute Gasteiger partial charge is 0.258 e. The van der Waals surface area contributed by atoms with Gasteiger partial charge in [0.15, 0.2) is 0 Å². The lowest BCUT2D eigenvalue weighted by Crippen LogP contribution is -1.82. The molecule has 0 fully saturated rings. The van der Waals surface area contributed by atoms with Gasteiger partial charge >= 0.3 is 0 Å². The highest BCUT2D eigenvalue weighted by atomic mass is 16.5. The van der Waals surface area contributed by atoms with Gasteiger partial charge in [0.1, 0.15) is 0 Å². The Morgan fingerprint density at radius 1 is 1.05 bits per heavy atom. The molecule has 0 atom stereocenters. The predicted molar refractivity (Wildman–Crippen MR) is 67.7 cm³/mol. The fourth-order valence-electron chi connectivity index (χ4n) is 1.68. The van der Waals surface area contributed by atoms with Crippen molar-refractivity contribution in [3.05, 3.63) is 54.4 Å². The molecule has 5 heteroatoms. The number of rotatable bonds is 2. The molecule has 19 heavy (non-hydrogen) atoms. The van der Waals surface area contributed by atoms with E-state index in [0.717, 1.165) is 11.1 Å². The first-order chi connectivity index (χ1) is 9.36. The summed E-state index contributed by atoms with van der Waals surface area (Å²) in [5, 5.41) is 12.8. The zero-order valence-corrected chi connectivity index (χ0v) is 9.82. The highest BCUT2D eigenvalue weighted by molar-refractivity contribution is 5.60. The van der Waals surface area contributed by atoms with Gasteiger partial charge in [0.05, 0.1) is 11.6 Å². The Morgan fingerprint density at radius 2 is 1.89 bits per heavy atom. The third-order valence-electron chi connectivity index (χ3n) is 2.60. The number of nitrogens with zero attached hydrogens (tertiary/aromatic N) is 4. The van der Waals surface area contributed by atoms with Crippen LogP contribution in [0.1, 0.15) is 5.56 Å². The molecule has 0 aliphatic carbocycles. The fraction of sp³-hybridized carbons (Fsp3) is 0. The second-order valence-corrected chi connectivity index (χ2v) is 3.85.